The van der Waals surface area contributed by atoms with Crippen LogP contribution >= 0.6 is 0 Å². The third kappa shape index (κ3) is 2.93. The van der Waals surface area contributed by atoms with E-state index in [1.165, 1.54) is 0 Å². The molecule has 0 aliphatic carbocycles. The summed E-state index contributed by atoms with van der Waals surface area (Å²) in [6, 6.07) is 3.70. The fraction of sp³-hybridized carbons (Fsp3) is 0.357. The van der Waals surface area contributed by atoms with Crippen LogP contribution in [0.25, 0.3) is 11.1 Å². The molecule has 0 aromatic carbocycles. The minimum Gasteiger partial charge on any atom is -0.616 e. The number of aromatic nitrogens is 3. The Bertz CT molecular complexity index is 626. The van der Waals surface area contributed by atoms with E-state index >= 15 is 0 Å². The molecule has 1 aliphatic heterocycles. The molecule has 3 rings (SSSR count). The van der Waals surface area contributed by atoms with Gasteiger partial charge in [0.05, 0.1) is 18.8 Å². The second-order valence-corrected chi connectivity index (χ2v) is 6.66. The zero-order valence-electron chi connectivity index (χ0n) is 11.8. The first-order valence-corrected chi connectivity index (χ1v) is 8.27. The molecule has 110 valence electrons. The zero-order valence-corrected chi connectivity index (χ0v) is 12.6. The lowest BCUT2D eigenvalue weighted by Crippen LogP contribution is -2.41. The van der Waals surface area contributed by atoms with E-state index in [0.717, 1.165) is 35.7 Å². The van der Waals surface area contributed by atoms with Gasteiger partial charge in [0.1, 0.15) is 29.5 Å². The van der Waals surface area contributed by atoms with Gasteiger partial charge in [-0.3, -0.25) is 0 Å². The highest BCUT2D eigenvalue weighted by atomic mass is 32.2. The Kier molecular flexibility index (Phi) is 3.94. The highest BCUT2D eigenvalue weighted by Crippen LogP contribution is 2.31. The summed E-state index contributed by atoms with van der Waals surface area (Å²) in [6.07, 6.45) is 3.32. The Morgan fingerprint density at radius 1 is 1.19 bits per heavy atom. The molecule has 3 heterocycles. The molecule has 7 heteroatoms. The smallest absolute Gasteiger partial charge is 0.140 e. The van der Waals surface area contributed by atoms with Crippen LogP contribution in [0.4, 0.5) is 11.6 Å². The SMILES string of the molecule is Cc1ncnc(N2CC[S+]([O-])CC2)c1-c1ccc(N)nc1. The Labute approximate surface area is 126 Å². The summed E-state index contributed by atoms with van der Waals surface area (Å²) < 4.78 is 11.5. The van der Waals surface area contributed by atoms with Gasteiger partial charge in [0, 0.05) is 17.3 Å². The van der Waals surface area contributed by atoms with Crippen molar-refractivity contribution in [2.45, 2.75) is 6.92 Å². The van der Waals surface area contributed by atoms with Gasteiger partial charge in [0.15, 0.2) is 0 Å². The largest absolute Gasteiger partial charge is 0.616 e. The second kappa shape index (κ2) is 5.87. The first-order valence-electron chi connectivity index (χ1n) is 6.78. The van der Waals surface area contributed by atoms with E-state index in [9.17, 15) is 4.55 Å². The van der Waals surface area contributed by atoms with Crippen LogP contribution in [0.15, 0.2) is 24.7 Å². The molecule has 1 aliphatic rings. The molecule has 0 bridgehead atoms. The molecular weight excluding hydrogens is 286 g/mol. The summed E-state index contributed by atoms with van der Waals surface area (Å²) in [7, 11) is 0. The molecule has 2 aromatic heterocycles. The van der Waals surface area contributed by atoms with E-state index in [4.69, 9.17) is 5.73 Å². The van der Waals surface area contributed by atoms with Gasteiger partial charge in [-0.1, -0.05) is 11.2 Å². The van der Waals surface area contributed by atoms with Crippen LogP contribution in [0.2, 0.25) is 0 Å². The molecule has 2 aromatic rings. The Morgan fingerprint density at radius 2 is 1.95 bits per heavy atom. The van der Waals surface area contributed by atoms with Crippen molar-refractivity contribution in [1.82, 2.24) is 15.0 Å². The van der Waals surface area contributed by atoms with Crippen LogP contribution in [0.5, 0.6) is 0 Å². The molecule has 0 saturated carbocycles. The molecule has 0 spiro atoms. The predicted octanol–water partition coefficient (Wildman–Crippen LogP) is 0.998. The van der Waals surface area contributed by atoms with Crippen LogP contribution in [0.1, 0.15) is 5.69 Å². The summed E-state index contributed by atoms with van der Waals surface area (Å²) >= 11 is -0.708. The normalized spacial score (nSPS) is 16.2. The molecule has 0 amide bonds. The molecule has 6 nitrogen and oxygen atoms in total. The molecule has 1 saturated heterocycles. The Hall–Kier alpha value is -1.86. The van der Waals surface area contributed by atoms with Crippen molar-refractivity contribution in [2.24, 2.45) is 0 Å². The van der Waals surface area contributed by atoms with Crippen LogP contribution in [0.3, 0.4) is 0 Å². The van der Waals surface area contributed by atoms with Crippen molar-refractivity contribution < 1.29 is 4.55 Å². The van der Waals surface area contributed by atoms with E-state index in [1.807, 2.05) is 13.0 Å². The van der Waals surface area contributed by atoms with Gasteiger partial charge < -0.3 is 15.2 Å². The van der Waals surface area contributed by atoms with Crippen molar-refractivity contribution in [3.05, 3.63) is 30.4 Å². The van der Waals surface area contributed by atoms with Gasteiger partial charge in [0.2, 0.25) is 0 Å². The van der Waals surface area contributed by atoms with Crippen LogP contribution in [-0.4, -0.2) is 44.1 Å². The molecule has 0 radical (unpaired) electrons. The maximum Gasteiger partial charge on any atom is 0.140 e. The number of nitrogens with zero attached hydrogens (tertiary/aromatic N) is 4. The number of anilines is 2. The van der Waals surface area contributed by atoms with Gasteiger partial charge in [-0.25, -0.2) is 15.0 Å². The van der Waals surface area contributed by atoms with E-state index in [2.05, 4.69) is 19.9 Å². The number of aryl methyl sites for hydroxylation is 1. The average molecular weight is 303 g/mol. The molecular formula is C14H17N5OS. The first-order chi connectivity index (χ1) is 10.1. The number of nitrogen functional groups attached to an aromatic ring is 1. The van der Waals surface area contributed by atoms with Crippen LogP contribution in [0, 0.1) is 6.92 Å². The van der Waals surface area contributed by atoms with Crippen molar-refractivity contribution in [1.29, 1.82) is 0 Å². The van der Waals surface area contributed by atoms with Crippen molar-refractivity contribution in [2.75, 3.05) is 35.2 Å². The van der Waals surface area contributed by atoms with Crippen molar-refractivity contribution in [3.8, 4) is 11.1 Å². The number of hydrogen-bond acceptors (Lipinski definition) is 6. The van der Waals surface area contributed by atoms with E-state index < -0.39 is 11.2 Å². The molecule has 0 atom stereocenters. The Balaban J connectivity index is 2.01. The quantitative estimate of drug-likeness (QED) is 0.832. The highest BCUT2D eigenvalue weighted by Gasteiger charge is 2.24. The lowest BCUT2D eigenvalue weighted by molar-refractivity contribution is 0.585. The summed E-state index contributed by atoms with van der Waals surface area (Å²) in [6.45, 7) is 3.45. The maximum absolute atomic E-state index is 11.5. The van der Waals surface area contributed by atoms with Gasteiger partial charge in [-0.2, -0.15) is 0 Å². The van der Waals surface area contributed by atoms with Crippen LogP contribution < -0.4 is 10.6 Å². The summed E-state index contributed by atoms with van der Waals surface area (Å²) in [4.78, 5) is 15.1. The van der Waals surface area contributed by atoms with E-state index in [-0.39, 0.29) is 0 Å². The van der Waals surface area contributed by atoms with E-state index in [0.29, 0.717) is 17.3 Å². The van der Waals surface area contributed by atoms with Crippen molar-refractivity contribution >= 4 is 22.8 Å². The number of rotatable bonds is 2. The third-order valence-corrected chi connectivity index (χ3v) is 4.84. The minimum absolute atomic E-state index is 0.489. The topological polar surface area (TPSA) is 91.0 Å². The number of hydrogen-bond donors (Lipinski definition) is 1. The molecule has 2 N–H and O–H groups in total. The van der Waals surface area contributed by atoms with Crippen LogP contribution in [-0.2, 0) is 11.2 Å². The second-order valence-electron chi connectivity index (χ2n) is 4.96. The van der Waals surface area contributed by atoms with E-state index in [1.54, 1.807) is 18.6 Å². The molecule has 21 heavy (non-hydrogen) atoms. The number of pyridine rings is 1. The summed E-state index contributed by atoms with van der Waals surface area (Å²) in [5, 5.41) is 0. The van der Waals surface area contributed by atoms with Gasteiger partial charge in [0.25, 0.3) is 0 Å². The maximum atomic E-state index is 11.5. The van der Waals surface area contributed by atoms with Gasteiger partial charge in [-0.05, 0) is 19.1 Å². The fourth-order valence-corrected chi connectivity index (χ4v) is 3.49. The summed E-state index contributed by atoms with van der Waals surface area (Å²) in [5.74, 6) is 2.74. The third-order valence-electron chi connectivity index (χ3n) is 3.57. The lowest BCUT2D eigenvalue weighted by Gasteiger charge is -2.30. The first kappa shape index (κ1) is 14.1. The van der Waals surface area contributed by atoms with Gasteiger partial charge >= 0.3 is 0 Å². The Morgan fingerprint density at radius 3 is 2.62 bits per heavy atom. The highest BCUT2D eigenvalue weighted by molar-refractivity contribution is 7.91. The van der Waals surface area contributed by atoms with Gasteiger partial charge in [-0.15, -0.1) is 0 Å². The van der Waals surface area contributed by atoms with Crippen molar-refractivity contribution in [3.63, 3.8) is 0 Å². The minimum atomic E-state index is -0.708. The standard InChI is InChI=1S/C14H17N5OS/c1-10-13(11-2-3-12(15)16-8-11)14(18-9-17-10)19-4-6-21(20)7-5-19/h2-3,8-9H,4-7H2,1H3,(H2,15,16). The number of nitrogens with two attached hydrogens (primary N) is 1. The molecule has 1 fully saturated rings. The average Bonchev–Trinajstić information content (AvgIpc) is 2.49. The zero-order chi connectivity index (χ0) is 14.8. The lowest BCUT2D eigenvalue weighted by atomic mass is 10.1. The summed E-state index contributed by atoms with van der Waals surface area (Å²) in [5.41, 5.74) is 8.47. The fourth-order valence-electron chi connectivity index (χ4n) is 2.44. The molecule has 0 unspecified atom stereocenters. The monoisotopic (exact) mass is 303 g/mol. The predicted molar refractivity (Wildman–Crippen MR) is 84.5 cm³/mol.